The molecule has 0 saturated carbocycles. The second-order valence-corrected chi connectivity index (χ2v) is 6.11. The largest absolute Gasteiger partial charge is 0.389 e. The Bertz CT molecular complexity index is 360. The molecule has 2 rings (SSSR count). The number of rotatable bonds is 4. The van der Waals surface area contributed by atoms with Gasteiger partial charge in [-0.2, -0.15) is 16.9 Å². The highest BCUT2D eigenvalue weighted by molar-refractivity contribution is 7.99. The molecule has 2 heterocycles. The van der Waals surface area contributed by atoms with Crippen LogP contribution in [0.2, 0.25) is 0 Å². The predicted octanol–water partition coefficient (Wildman–Crippen LogP) is 1.63. The average molecular weight is 255 g/mol. The van der Waals surface area contributed by atoms with Gasteiger partial charge in [0.2, 0.25) is 0 Å². The molecule has 1 aromatic heterocycles. The van der Waals surface area contributed by atoms with Gasteiger partial charge in [0.25, 0.3) is 0 Å². The van der Waals surface area contributed by atoms with Gasteiger partial charge in [0.15, 0.2) is 0 Å². The number of aliphatic hydroxyl groups is 1. The summed E-state index contributed by atoms with van der Waals surface area (Å²) in [5.41, 5.74) is 1.76. The van der Waals surface area contributed by atoms with Crippen LogP contribution in [0.15, 0.2) is 6.20 Å². The summed E-state index contributed by atoms with van der Waals surface area (Å²) in [6, 6.07) is 0.229. The van der Waals surface area contributed by atoms with E-state index in [4.69, 9.17) is 0 Å². The van der Waals surface area contributed by atoms with Crippen molar-refractivity contribution in [1.29, 1.82) is 0 Å². The maximum absolute atomic E-state index is 10.4. The van der Waals surface area contributed by atoms with Crippen LogP contribution in [0.25, 0.3) is 0 Å². The molecule has 0 aliphatic carbocycles. The third-order valence-electron chi connectivity index (χ3n) is 3.50. The molecule has 0 bridgehead atoms. The lowest BCUT2D eigenvalue weighted by Gasteiger charge is -2.33. The minimum Gasteiger partial charge on any atom is -0.389 e. The van der Waals surface area contributed by atoms with Crippen molar-refractivity contribution in [3.63, 3.8) is 0 Å². The van der Waals surface area contributed by atoms with E-state index in [1.54, 1.807) is 0 Å². The van der Waals surface area contributed by atoms with Crippen LogP contribution in [0.1, 0.15) is 37.1 Å². The molecule has 0 aromatic carbocycles. The van der Waals surface area contributed by atoms with Crippen molar-refractivity contribution in [2.45, 2.75) is 38.3 Å². The summed E-state index contributed by atoms with van der Waals surface area (Å²) in [6.07, 6.45) is 3.64. The van der Waals surface area contributed by atoms with Crippen molar-refractivity contribution in [3.8, 4) is 0 Å². The number of aromatic amines is 1. The summed E-state index contributed by atoms with van der Waals surface area (Å²) in [5, 5.41) is 20.8. The Kier molecular flexibility index (Phi) is 4.12. The Morgan fingerprint density at radius 3 is 2.88 bits per heavy atom. The molecule has 96 valence electrons. The summed E-state index contributed by atoms with van der Waals surface area (Å²) in [5.74, 6) is 2.13. The molecular formula is C12H21N3OS. The highest BCUT2D eigenvalue weighted by Crippen LogP contribution is 2.27. The number of nitrogens with zero attached hydrogens (tertiary/aromatic N) is 1. The fourth-order valence-electron chi connectivity index (χ4n) is 2.18. The monoisotopic (exact) mass is 255 g/mol. The zero-order chi connectivity index (χ0) is 12.3. The lowest BCUT2D eigenvalue weighted by molar-refractivity contribution is 0.0300. The molecule has 1 saturated heterocycles. The third kappa shape index (κ3) is 3.24. The van der Waals surface area contributed by atoms with Crippen molar-refractivity contribution in [1.82, 2.24) is 15.5 Å². The number of thioether (sulfide) groups is 1. The van der Waals surface area contributed by atoms with Crippen LogP contribution >= 0.6 is 11.8 Å². The van der Waals surface area contributed by atoms with Crippen LogP contribution in [0, 0.1) is 6.92 Å². The third-order valence-corrected chi connectivity index (χ3v) is 4.48. The summed E-state index contributed by atoms with van der Waals surface area (Å²) < 4.78 is 0. The lowest BCUT2D eigenvalue weighted by Crippen LogP contribution is -2.44. The predicted molar refractivity (Wildman–Crippen MR) is 71.3 cm³/mol. The zero-order valence-electron chi connectivity index (χ0n) is 10.5. The first-order valence-corrected chi connectivity index (χ1v) is 7.30. The van der Waals surface area contributed by atoms with E-state index in [1.165, 1.54) is 5.56 Å². The topological polar surface area (TPSA) is 60.9 Å². The molecule has 0 radical (unpaired) electrons. The fourth-order valence-corrected chi connectivity index (χ4v) is 3.43. The Balaban J connectivity index is 1.87. The Labute approximate surface area is 107 Å². The molecule has 0 spiro atoms. The number of aryl methyl sites for hydroxylation is 1. The Morgan fingerprint density at radius 1 is 1.59 bits per heavy atom. The summed E-state index contributed by atoms with van der Waals surface area (Å²) in [4.78, 5) is 0. The number of hydrogen-bond donors (Lipinski definition) is 3. The summed E-state index contributed by atoms with van der Waals surface area (Å²) in [6.45, 7) is 4.80. The molecule has 4 nitrogen and oxygen atoms in total. The zero-order valence-corrected chi connectivity index (χ0v) is 11.3. The maximum Gasteiger partial charge on any atom is 0.0787 e. The molecular weight excluding hydrogens is 234 g/mol. The molecule has 1 fully saturated rings. The summed E-state index contributed by atoms with van der Waals surface area (Å²) >= 11 is 1.93. The average Bonchev–Trinajstić information content (AvgIpc) is 2.74. The van der Waals surface area contributed by atoms with Gasteiger partial charge in [-0.1, -0.05) is 0 Å². The maximum atomic E-state index is 10.4. The minimum atomic E-state index is -0.517. The van der Waals surface area contributed by atoms with Crippen molar-refractivity contribution < 1.29 is 5.11 Å². The van der Waals surface area contributed by atoms with Crippen molar-refractivity contribution in [2.75, 3.05) is 18.1 Å². The minimum absolute atomic E-state index is 0.229. The number of H-pyrrole nitrogens is 1. The van der Waals surface area contributed by atoms with Gasteiger partial charge in [0, 0.05) is 23.8 Å². The standard InChI is InChI=1S/C12H21N3OS/c1-9(11-7-14-15-10(11)2)13-8-12(16)3-5-17-6-4-12/h7,9,13,16H,3-6,8H2,1-2H3,(H,14,15). The molecule has 3 N–H and O–H groups in total. The van der Waals surface area contributed by atoms with E-state index >= 15 is 0 Å². The molecule has 1 aliphatic heterocycles. The molecule has 1 atom stereocenters. The van der Waals surface area contributed by atoms with Gasteiger partial charge in [0.1, 0.15) is 0 Å². The van der Waals surface area contributed by atoms with Gasteiger partial charge in [0.05, 0.1) is 11.8 Å². The van der Waals surface area contributed by atoms with E-state index in [0.29, 0.717) is 6.54 Å². The van der Waals surface area contributed by atoms with Gasteiger partial charge >= 0.3 is 0 Å². The Morgan fingerprint density at radius 2 is 2.29 bits per heavy atom. The van der Waals surface area contributed by atoms with Crippen molar-refractivity contribution in [3.05, 3.63) is 17.5 Å². The molecule has 5 heteroatoms. The van der Waals surface area contributed by atoms with Gasteiger partial charge in [-0.05, 0) is 38.2 Å². The molecule has 0 amide bonds. The van der Waals surface area contributed by atoms with E-state index in [9.17, 15) is 5.11 Å². The van der Waals surface area contributed by atoms with Gasteiger partial charge < -0.3 is 10.4 Å². The lowest BCUT2D eigenvalue weighted by atomic mass is 9.96. The molecule has 1 aromatic rings. The van der Waals surface area contributed by atoms with Gasteiger partial charge in [-0.25, -0.2) is 0 Å². The van der Waals surface area contributed by atoms with Crippen LogP contribution in [0.3, 0.4) is 0 Å². The Hall–Kier alpha value is -0.520. The van der Waals surface area contributed by atoms with E-state index in [2.05, 4.69) is 22.4 Å². The van der Waals surface area contributed by atoms with E-state index in [-0.39, 0.29) is 6.04 Å². The first-order chi connectivity index (χ1) is 8.11. The number of hydrogen-bond acceptors (Lipinski definition) is 4. The van der Waals surface area contributed by atoms with Crippen molar-refractivity contribution in [2.24, 2.45) is 0 Å². The fraction of sp³-hybridized carbons (Fsp3) is 0.750. The van der Waals surface area contributed by atoms with Crippen LogP contribution in [-0.2, 0) is 0 Å². The van der Waals surface area contributed by atoms with Crippen molar-refractivity contribution >= 4 is 11.8 Å². The van der Waals surface area contributed by atoms with E-state index < -0.39 is 5.60 Å². The first kappa shape index (κ1) is 12.9. The van der Waals surface area contributed by atoms with Gasteiger partial charge in [-0.3, -0.25) is 5.10 Å². The highest BCUT2D eigenvalue weighted by atomic mass is 32.2. The van der Waals surface area contributed by atoms with E-state index in [1.807, 2.05) is 24.9 Å². The van der Waals surface area contributed by atoms with E-state index in [0.717, 1.165) is 30.0 Å². The quantitative estimate of drug-likeness (QED) is 0.765. The van der Waals surface area contributed by atoms with Crippen LogP contribution < -0.4 is 5.32 Å². The number of aromatic nitrogens is 2. The smallest absolute Gasteiger partial charge is 0.0787 e. The highest BCUT2D eigenvalue weighted by Gasteiger charge is 2.29. The SMILES string of the molecule is Cc1[nH]ncc1C(C)NCC1(O)CCSCC1. The molecule has 1 aliphatic rings. The van der Waals surface area contributed by atoms with Crippen LogP contribution in [0.5, 0.6) is 0 Å². The first-order valence-electron chi connectivity index (χ1n) is 6.14. The number of nitrogens with one attached hydrogen (secondary N) is 2. The molecule has 17 heavy (non-hydrogen) atoms. The van der Waals surface area contributed by atoms with Crippen LogP contribution in [-0.4, -0.2) is 39.0 Å². The second-order valence-electron chi connectivity index (χ2n) is 4.89. The normalized spacial score (nSPS) is 21.4. The van der Waals surface area contributed by atoms with Crippen LogP contribution in [0.4, 0.5) is 0 Å². The molecule has 1 unspecified atom stereocenters. The second kappa shape index (κ2) is 5.42. The van der Waals surface area contributed by atoms with Gasteiger partial charge in [-0.15, -0.1) is 0 Å². The summed E-state index contributed by atoms with van der Waals surface area (Å²) in [7, 11) is 0.